The molecule has 0 radical (unpaired) electrons. The summed E-state index contributed by atoms with van der Waals surface area (Å²) < 4.78 is 13.1. The van der Waals surface area contributed by atoms with Crippen molar-refractivity contribution in [2.75, 3.05) is 12.3 Å². The lowest BCUT2D eigenvalue weighted by Crippen LogP contribution is -2.00. The Kier molecular flexibility index (Phi) is 3.94. The number of ether oxygens (including phenoxy) is 2. The van der Waals surface area contributed by atoms with E-state index in [1.165, 1.54) is 0 Å². The first-order valence-electron chi connectivity index (χ1n) is 6.32. The zero-order valence-corrected chi connectivity index (χ0v) is 11.5. The first kappa shape index (κ1) is 13.3. The van der Waals surface area contributed by atoms with Crippen molar-refractivity contribution in [1.29, 1.82) is 0 Å². The fourth-order valence-corrected chi connectivity index (χ4v) is 1.74. The number of nitrogens with two attached hydrogens (primary N) is 1. The third kappa shape index (κ3) is 2.81. The molecule has 1 aromatic carbocycles. The van der Waals surface area contributed by atoms with E-state index >= 15 is 0 Å². The molecule has 2 aromatic rings. The van der Waals surface area contributed by atoms with Crippen molar-refractivity contribution >= 4 is 5.69 Å². The van der Waals surface area contributed by atoms with Crippen LogP contribution in [0.5, 0.6) is 17.4 Å². The minimum atomic E-state index is 0.532. The van der Waals surface area contributed by atoms with E-state index in [4.69, 9.17) is 15.2 Å². The maximum Gasteiger partial charge on any atom is 0.241 e. The first-order chi connectivity index (χ1) is 9.13. The highest BCUT2D eigenvalue weighted by atomic mass is 16.5. The summed E-state index contributed by atoms with van der Waals surface area (Å²) in [5, 5.41) is 4.22. The third-order valence-electron chi connectivity index (χ3n) is 2.73. The highest BCUT2D eigenvalue weighted by Crippen LogP contribution is 2.34. The van der Waals surface area contributed by atoms with Crippen molar-refractivity contribution in [3.8, 4) is 17.4 Å². The van der Waals surface area contributed by atoms with Crippen LogP contribution in [-0.2, 0) is 7.05 Å². The van der Waals surface area contributed by atoms with Gasteiger partial charge in [-0.2, -0.15) is 5.10 Å². The summed E-state index contributed by atoms with van der Waals surface area (Å²) in [5.74, 6) is 1.89. The van der Waals surface area contributed by atoms with Gasteiger partial charge in [0.1, 0.15) is 5.69 Å². The molecular formula is C14H19N3O2. The molecule has 0 aliphatic heterocycles. The average Bonchev–Trinajstić information content (AvgIpc) is 2.64. The van der Waals surface area contributed by atoms with Crippen molar-refractivity contribution in [3.05, 3.63) is 30.0 Å². The van der Waals surface area contributed by atoms with Crippen LogP contribution in [0, 0.1) is 6.92 Å². The van der Waals surface area contributed by atoms with Crippen molar-refractivity contribution in [2.24, 2.45) is 7.05 Å². The molecule has 1 heterocycles. The molecule has 0 spiro atoms. The average molecular weight is 261 g/mol. The number of aryl methyl sites for hydroxylation is 2. The van der Waals surface area contributed by atoms with E-state index in [1.807, 2.05) is 31.2 Å². The number of nitrogen functional groups attached to an aromatic ring is 1. The Hall–Kier alpha value is -2.17. The van der Waals surface area contributed by atoms with Crippen molar-refractivity contribution in [3.63, 3.8) is 0 Å². The summed E-state index contributed by atoms with van der Waals surface area (Å²) in [6.45, 7) is 4.56. The predicted octanol–water partition coefficient (Wildman–Crippen LogP) is 2.89. The Bertz CT molecular complexity index is 564. The monoisotopic (exact) mass is 261 g/mol. The molecule has 2 N–H and O–H groups in total. The predicted molar refractivity (Wildman–Crippen MR) is 74.7 cm³/mol. The quantitative estimate of drug-likeness (QED) is 0.899. The summed E-state index contributed by atoms with van der Waals surface area (Å²) in [7, 11) is 1.80. The fourth-order valence-electron chi connectivity index (χ4n) is 1.74. The molecule has 0 saturated carbocycles. The van der Waals surface area contributed by atoms with Gasteiger partial charge in [0.05, 0.1) is 12.3 Å². The van der Waals surface area contributed by atoms with E-state index in [9.17, 15) is 0 Å². The van der Waals surface area contributed by atoms with Crippen LogP contribution in [0.15, 0.2) is 24.3 Å². The van der Waals surface area contributed by atoms with Gasteiger partial charge in [-0.05, 0) is 25.5 Å². The summed E-state index contributed by atoms with van der Waals surface area (Å²) in [6, 6.07) is 7.54. The molecule has 0 atom stereocenters. The molecule has 0 bridgehead atoms. The van der Waals surface area contributed by atoms with Gasteiger partial charge in [0.25, 0.3) is 0 Å². The van der Waals surface area contributed by atoms with Gasteiger partial charge in [-0.15, -0.1) is 0 Å². The Morgan fingerprint density at radius 2 is 1.95 bits per heavy atom. The molecule has 5 heteroatoms. The number of nitrogens with zero attached hydrogens (tertiary/aromatic N) is 2. The maximum absolute atomic E-state index is 5.95. The number of hydrogen-bond donors (Lipinski definition) is 1. The summed E-state index contributed by atoms with van der Waals surface area (Å²) in [6.07, 6.45) is 0.946. The van der Waals surface area contributed by atoms with Gasteiger partial charge >= 0.3 is 0 Å². The molecule has 1 aromatic heterocycles. The number of hydrogen-bond acceptors (Lipinski definition) is 4. The number of benzene rings is 1. The minimum Gasteiger partial charge on any atom is -0.490 e. The second-order valence-electron chi connectivity index (χ2n) is 4.33. The largest absolute Gasteiger partial charge is 0.490 e. The highest BCUT2D eigenvalue weighted by Gasteiger charge is 2.14. The van der Waals surface area contributed by atoms with Gasteiger partial charge in [0.2, 0.25) is 5.88 Å². The Morgan fingerprint density at radius 1 is 1.26 bits per heavy atom. The first-order valence-corrected chi connectivity index (χ1v) is 6.32. The zero-order valence-electron chi connectivity index (χ0n) is 11.5. The summed E-state index contributed by atoms with van der Waals surface area (Å²) in [4.78, 5) is 0. The van der Waals surface area contributed by atoms with Gasteiger partial charge < -0.3 is 15.2 Å². The third-order valence-corrected chi connectivity index (χ3v) is 2.73. The van der Waals surface area contributed by atoms with E-state index in [-0.39, 0.29) is 0 Å². The van der Waals surface area contributed by atoms with Crippen LogP contribution in [-0.4, -0.2) is 16.4 Å². The zero-order chi connectivity index (χ0) is 13.8. The highest BCUT2D eigenvalue weighted by molar-refractivity contribution is 5.55. The molecule has 0 saturated heterocycles. The van der Waals surface area contributed by atoms with E-state index in [1.54, 1.807) is 11.7 Å². The number of aromatic nitrogens is 2. The van der Waals surface area contributed by atoms with Crippen LogP contribution in [0.4, 0.5) is 5.69 Å². The lowest BCUT2D eigenvalue weighted by Gasteiger charge is -2.12. The topological polar surface area (TPSA) is 62.3 Å². The Balaban J connectivity index is 2.27. The van der Waals surface area contributed by atoms with E-state index in [2.05, 4.69) is 12.0 Å². The lowest BCUT2D eigenvalue weighted by molar-refractivity contribution is 0.299. The van der Waals surface area contributed by atoms with Crippen LogP contribution in [0.25, 0.3) is 0 Å². The second kappa shape index (κ2) is 5.65. The van der Waals surface area contributed by atoms with Gasteiger partial charge in [-0.1, -0.05) is 19.1 Å². The van der Waals surface area contributed by atoms with E-state index in [0.717, 1.165) is 12.1 Å². The smallest absolute Gasteiger partial charge is 0.241 e. The molecule has 0 aliphatic rings. The lowest BCUT2D eigenvalue weighted by atomic mass is 10.3. The molecule has 102 valence electrons. The SMILES string of the molecule is CCCOc1ccccc1Oc1c(N)c(C)nn1C. The summed E-state index contributed by atoms with van der Waals surface area (Å²) >= 11 is 0. The minimum absolute atomic E-state index is 0.532. The van der Waals surface area contributed by atoms with Crippen molar-refractivity contribution in [2.45, 2.75) is 20.3 Å². The van der Waals surface area contributed by atoms with E-state index in [0.29, 0.717) is 29.7 Å². The van der Waals surface area contributed by atoms with Gasteiger partial charge in [-0.3, -0.25) is 0 Å². The molecule has 0 unspecified atom stereocenters. The van der Waals surface area contributed by atoms with E-state index < -0.39 is 0 Å². The van der Waals surface area contributed by atoms with Gasteiger partial charge in [0.15, 0.2) is 11.5 Å². The van der Waals surface area contributed by atoms with Crippen molar-refractivity contribution < 1.29 is 9.47 Å². The molecule has 2 rings (SSSR count). The number of anilines is 1. The second-order valence-corrected chi connectivity index (χ2v) is 4.33. The Morgan fingerprint density at radius 3 is 2.53 bits per heavy atom. The fraction of sp³-hybridized carbons (Fsp3) is 0.357. The molecular weight excluding hydrogens is 242 g/mol. The molecule has 0 amide bonds. The van der Waals surface area contributed by atoms with Crippen LogP contribution in [0.3, 0.4) is 0 Å². The normalized spacial score (nSPS) is 10.5. The van der Waals surface area contributed by atoms with Crippen LogP contribution in [0.2, 0.25) is 0 Å². The van der Waals surface area contributed by atoms with Gasteiger partial charge in [0, 0.05) is 7.05 Å². The molecule has 0 fully saturated rings. The standard InChI is InChI=1S/C14H19N3O2/c1-4-9-18-11-7-5-6-8-12(11)19-14-13(15)10(2)16-17(14)3/h5-8H,4,9,15H2,1-3H3. The van der Waals surface area contributed by atoms with Crippen LogP contribution >= 0.6 is 0 Å². The maximum atomic E-state index is 5.95. The van der Waals surface area contributed by atoms with Gasteiger partial charge in [-0.25, -0.2) is 4.68 Å². The summed E-state index contributed by atoms with van der Waals surface area (Å²) in [5.41, 5.74) is 7.26. The van der Waals surface area contributed by atoms with Crippen LogP contribution < -0.4 is 15.2 Å². The number of para-hydroxylation sites is 2. The van der Waals surface area contributed by atoms with Crippen molar-refractivity contribution in [1.82, 2.24) is 9.78 Å². The Labute approximate surface area is 112 Å². The van der Waals surface area contributed by atoms with Crippen LogP contribution in [0.1, 0.15) is 19.0 Å². The molecule has 5 nitrogen and oxygen atoms in total. The number of rotatable bonds is 5. The molecule has 0 aliphatic carbocycles. The molecule has 19 heavy (non-hydrogen) atoms.